The molecule has 2 aromatic heterocycles. The van der Waals surface area contributed by atoms with Crippen LogP contribution >= 0.6 is 0 Å². The molecule has 1 aromatic carbocycles. The van der Waals surface area contributed by atoms with Gasteiger partial charge < -0.3 is 16.0 Å². The number of hydrogen-bond acceptors (Lipinski definition) is 7. The molecule has 3 heterocycles. The van der Waals surface area contributed by atoms with Gasteiger partial charge in [-0.15, -0.1) is 0 Å². The second kappa shape index (κ2) is 9.43. The number of halogens is 1. The Labute approximate surface area is 180 Å². The highest BCUT2D eigenvalue weighted by Crippen LogP contribution is 2.22. The summed E-state index contributed by atoms with van der Waals surface area (Å²) in [6, 6.07) is 9.96. The Morgan fingerprint density at radius 1 is 1.13 bits per heavy atom. The number of piperidine rings is 1. The average Bonchev–Trinajstić information content (AvgIpc) is 3.13. The van der Waals surface area contributed by atoms with Crippen LogP contribution in [0.15, 0.2) is 36.7 Å². The first-order valence-electron chi connectivity index (χ1n) is 10.5. The molecular formula is C22H25FN8. The molecular weight excluding hydrogens is 395 g/mol. The predicted octanol–water partition coefficient (Wildman–Crippen LogP) is 3.29. The molecule has 0 atom stereocenters. The van der Waals surface area contributed by atoms with Crippen molar-refractivity contribution in [3.8, 4) is 11.8 Å². The molecule has 0 bridgehead atoms. The van der Waals surface area contributed by atoms with Crippen LogP contribution in [0.3, 0.4) is 0 Å². The lowest BCUT2D eigenvalue weighted by Crippen LogP contribution is -2.30. The number of nitrogens with two attached hydrogens (primary N) is 1. The zero-order valence-electron chi connectivity index (χ0n) is 17.3. The van der Waals surface area contributed by atoms with Crippen molar-refractivity contribution in [2.24, 2.45) is 0 Å². The number of nitrogen functional groups attached to an aromatic ring is 1. The first-order chi connectivity index (χ1) is 15.2. The third kappa shape index (κ3) is 4.74. The lowest BCUT2D eigenvalue weighted by Gasteiger charge is -2.27. The Kier molecular flexibility index (Phi) is 6.26. The molecule has 3 N–H and O–H groups in total. The minimum absolute atomic E-state index is 0.263. The van der Waals surface area contributed by atoms with Crippen LogP contribution in [0.4, 0.5) is 21.8 Å². The minimum Gasteiger partial charge on any atom is -0.382 e. The monoisotopic (exact) mass is 420 g/mol. The number of anilines is 3. The van der Waals surface area contributed by atoms with E-state index in [9.17, 15) is 9.65 Å². The SMILES string of the molecule is N#Cc1c(CCCNc2cc(N3CCCCC3)ncn2)nn(-c2ccc(F)cc2)c1N. The Balaban J connectivity index is 1.37. The smallest absolute Gasteiger partial charge is 0.145 e. The maximum absolute atomic E-state index is 13.2. The van der Waals surface area contributed by atoms with Gasteiger partial charge in [-0.05, 0) is 56.4 Å². The summed E-state index contributed by atoms with van der Waals surface area (Å²) in [5.41, 5.74) is 7.72. The van der Waals surface area contributed by atoms with E-state index in [1.54, 1.807) is 18.5 Å². The second-order valence-electron chi connectivity index (χ2n) is 7.55. The summed E-state index contributed by atoms with van der Waals surface area (Å²) in [6.45, 7) is 2.74. The summed E-state index contributed by atoms with van der Waals surface area (Å²) in [6.07, 6.45) is 6.59. The number of nitriles is 1. The summed E-state index contributed by atoms with van der Waals surface area (Å²) < 4.78 is 14.7. The van der Waals surface area contributed by atoms with Crippen LogP contribution in [-0.2, 0) is 6.42 Å². The molecule has 0 radical (unpaired) electrons. The van der Waals surface area contributed by atoms with E-state index in [0.717, 1.165) is 31.1 Å². The lowest BCUT2D eigenvalue weighted by atomic mass is 10.1. The fraction of sp³-hybridized carbons (Fsp3) is 0.364. The molecule has 9 heteroatoms. The van der Waals surface area contributed by atoms with Crippen molar-refractivity contribution in [3.63, 3.8) is 0 Å². The highest BCUT2D eigenvalue weighted by Gasteiger charge is 2.16. The third-order valence-electron chi connectivity index (χ3n) is 5.41. The normalized spacial score (nSPS) is 13.7. The van der Waals surface area contributed by atoms with Gasteiger partial charge in [0.25, 0.3) is 0 Å². The van der Waals surface area contributed by atoms with Crippen molar-refractivity contribution >= 4 is 17.5 Å². The second-order valence-corrected chi connectivity index (χ2v) is 7.55. The standard InChI is InChI=1S/C22H25FN8/c23-16-6-8-17(9-7-16)31-22(25)18(14-24)19(29-31)5-4-10-26-20-13-21(28-15-27-20)30-11-2-1-3-12-30/h6-9,13,15H,1-5,10-12,25H2,(H,26,27,28). The molecule has 0 unspecified atom stereocenters. The van der Waals surface area contributed by atoms with Crippen molar-refractivity contribution in [2.45, 2.75) is 32.1 Å². The van der Waals surface area contributed by atoms with Gasteiger partial charge in [-0.1, -0.05) is 0 Å². The summed E-state index contributed by atoms with van der Waals surface area (Å²) >= 11 is 0. The number of rotatable bonds is 7. The number of benzene rings is 1. The molecule has 0 saturated carbocycles. The van der Waals surface area contributed by atoms with Crippen molar-refractivity contribution < 1.29 is 4.39 Å². The molecule has 1 saturated heterocycles. The number of aryl methyl sites for hydroxylation is 1. The van der Waals surface area contributed by atoms with E-state index in [-0.39, 0.29) is 11.6 Å². The van der Waals surface area contributed by atoms with Gasteiger partial charge in [-0.25, -0.2) is 19.0 Å². The molecule has 4 rings (SSSR count). The Hall–Kier alpha value is -3.67. The Morgan fingerprint density at radius 2 is 1.90 bits per heavy atom. The number of aromatic nitrogens is 4. The van der Waals surface area contributed by atoms with Crippen molar-refractivity contribution in [3.05, 3.63) is 53.7 Å². The van der Waals surface area contributed by atoms with Gasteiger partial charge in [0.05, 0.1) is 11.4 Å². The van der Waals surface area contributed by atoms with Gasteiger partial charge in [0.2, 0.25) is 0 Å². The molecule has 8 nitrogen and oxygen atoms in total. The first kappa shape index (κ1) is 20.6. The third-order valence-corrected chi connectivity index (χ3v) is 5.41. The molecule has 160 valence electrons. The van der Waals surface area contributed by atoms with E-state index in [1.807, 2.05) is 6.07 Å². The van der Waals surface area contributed by atoms with Crippen molar-refractivity contribution in [1.82, 2.24) is 19.7 Å². The zero-order valence-corrected chi connectivity index (χ0v) is 17.3. The largest absolute Gasteiger partial charge is 0.382 e. The maximum Gasteiger partial charge on any atom is 0.145 e. The summed E-state index contributed by atoms with van der Waals surface area (Å²) in [5, 5.41) is 17.3. The van der Waals surface area contributed by atoms with E-state index in [0.29, 0.717) is 29.9 Å². The van der Waals surface area contributed by atoms with Crippen LogP contribution in [0, 0.1) is 17.1 Å². The van der Waals surface area contributed by atoms with Gasteiger partial charge in [-0.2, -0.15) is 10.4 Å². The van der Waals surface area contributed by atoms with Crippen LogP contribution in [0.25, 0.3) is 5.69 Å². The molecule has 1 aliphatic heterocycles. The van der Waals surface area contributed by atoms with E-state index < -0.39 is 0 Å². The summed E-state index contributed by atoms with van der Waals surface area (Å²) in [7, 11) is 0. The highest BCUT2D eigenvalue weighted by molar-refractivity contribution is 5.56. The van der Waals surface area contributed by atoms with Crippen LogP contribution in [0.1, 0.15) is 36.9 Å². The summed E-state index contributed by atoms with van der Waals surface area (Å²) in [5.74, 6) is 1.66. The van der Waals surface area contributed by atoms with E-state index in [2.05, 4.69) is 31.4 Å². The van der Waals surface area contributed by atoms with Gasteiger partial charge in [0, 0.05) is 25.7 Å². The lowest BCUT2D eigenvalue weighted by molar-refractivity contribution is 0.573. The minimum atomic E-state index is -0.338. The van der Waals surface area contributed by atoms with Crippen LogP contribution in [0.5, 0.6) is 0 Å². The van der Waals surface area contributed by atoms with E-state index >= 15 is 0 Å². The highest BCUT2D eigenvalue weighted by atomic mass is 19.1. The topological polar surface area (TPSA) is 109 Å². The molecule has 0 aliphatic carbocycles. The van der Waals surface area contributed by atoms with Gasteiger partial charge in [0.1, 0.15) is 41.2 Å². The number of nitrogens with one attached hydrogen (secondary N) is 1. The van der Waals surface area contributed by atoms with Crippen LogP contribution < -0.4 is 16.0 Å². The molecule has 1 fully saturated rings. The Morgan fingerprint density at radius 3 is 2.65 bits per heavy atom. The van der Waals surface area contributed by atoms with Crippen LogP contribution in [0.2, 0.25) is 0 Å². The molecule has 3 aromatic rings. The number of hydrogen-bond donors (Lipinski definition) is 2. The molecule has 1 aliphatic rings. The summed E-state index contributed by atoms with van der Waals surface area (Å²) in [4.78, 5) is 11.0. The average molecular weight is 420 g/mol. The molecule has 31 heavy (non-hydrogen) atoms. The maximum atomic E-state index is 13.2. The van der Waals surface area contributed by atoms with E-state index in [1.165, 1.54) is 36.1 Å². The molecule has 0 amide bonds. The fourth-order valence-corrected chi connectivity index (χ4v) is 3.77. The quantitative estimate of drug-likeness (QED) is 0.565. The zero-order chi connectivity index (χ0) is 21.6. The van der Waals surface area contributed by atoms with Crippen LogP contribution in [-0.4, -0.2) is 39.4 Å². The Bertz CT molecular complexity index is 1060. The first-order valence-corrected chi connectivity index (χ1v) is 10.5. The van der Waals surface area contributed by atoms with Crippen molar-refractivity contribution in [1.29, 1.82) is 5.26 Å². The van der Waals surface area contributed by atoms with Gasteiger partial charge in [-0.3, -0.25) is 0 Å². The van der Waals surface area contributed by atoms with Gasteiger partial charge in [0.15, 0.2) is 0 Å². The fourth-order valence-electron chi connectivity index (χ4n) is 3.77. The predicted molar refractivity (Wildman–Crippen MR) is 118 cm³/mol. The van der Waals surface area contributed by atoms with E-state index in [4.69, 9.17) is 5.73 Å². The molecule has 0 spiro atoms. The van der Waals surface area contributed by atoms with Gasteiger partial charge >= 0.3 is 0 Å². The van der Waals surface area contributed by atoms with Crippen molar-refractivity contribution in [2.75, 3.05) is 35.6 Å². The number of nitrogens with zero attached hydrogens (tertiary/aromatic N) is 6.